The molecule has 1 spiro atoms. The molecule has 0 unspecified atom stereocenters. The van der Waals surface area contributed by atoms with Gasteiger partial charge in [-0.2, -0.15) is 0 Å². The number of carbonyl (C=O) groups excluding carboxylic acids is 3. The summed E-state index contributed by atoms with van der Waals surface area (Å²) in [4.78, 5) is 37.2. The van der Waals surface area contributed by atoms with Gasteiger partial charge in [0.15, 0.2) is 5.78 Å². The summed E-state index contributed by atoms with van der Waals surface area (Å²) in [5, 5.41) is 10.2. The van der Waals surface area contributed by atoms with E-state index in [4.69, 9.17) is 4.74 Å². The van der Waals surface area contributed by atoms with Crippen LogP contribution >= 0.6 is 0 Å². The molecular formula is C19H23NO5. The van der Waals surface area contributed by atoms with Crippen LogP contribution < -0.4 is 4.74 Å². The molecule has 1 heterocycles. The smallest absolute Gasteiger partial charge is 0.235 e. The quantitative estimate of drug-likeness (QED) is 0.629. The van der Waals surface area contributed by atoms with E-state index in [-0.39, 0.29) is 37.2 Å². The fourth-order valence-electron chi connectivity index (χ4n) is 3.73. The number of ether oxygens (including phenoxy) is 1. The van der Waals surface area contributed by atoms with Gasteiger partial charge in [-0.25, -0.2) is 0 Å². The van der Waals surface area contributed by atoms with E-state index in [0.717, 1.165) is 25.7 Å². The summed E-state index contributed by atoms with van der Waals surface area (Å²) in [6.45, 7) is 1.43. The number of rotatable bonds is 6. The van der Waals surface area contributed by atoms with E-state index >= 15 is 0 Å². The Balaban J connectivity index is 1.54. The monoisotopic (exact) mass is 345 g/mol. The van der Waals surface area contributed by atoms with Gasteiger partial charge in [-0.3, -0.25) is 19.3 Å². The third-order valence-electron chi connectivity index (χ3n) is 5.15. The lowest BCUT2D eigenvalue weighted by atomic mass is 9.84. The largest absolute Gasteiger partial charge is 0.491 e. The maximum atomic E-state index is 12.6. The molecule has 1 atom stereocenters. The summed E-state index contributed by atoms with van der Waals surface area (Å²) in [7, 11) is 0. The van der Waals surface area contributed by atoms with E-state index in [0.29, 0.717) is 11.3 Å². The van der Waals surface area contributed by atoms with Crippen LogP contribution in [0, 0.1) is 5.41 Å². The summed E-state index contributed by atoms with van der Waals surface area (Å²) in [5.74, 6) is 0.158. The van der Waals surface area contributed by atoms with Crippen LogP contribution in [0.25, 0.3) is 0 Å². The molecule has 2 fully saturated rings. The summed E-state index contributed by atoms with van der Waals surface area (Å²) >= 11 is 0. The minimum absolute atomic E-state index is 0.0243. The Morgan fingerprint density at radius 2 is 1.88 bits per heavy atom. The van der Waals surface area contributed by atoms with Crippen molar-refractivity contribution in [3.8, 4) is 5.75 Å². The molecular weight excluding hydrogens is 322 g/mol. The highest BCUT2D eigenvalue weighted by Crippen LogP contribution is 2.46. The zero-order valence-electron chi connectivity index (χ0n) is 14.4. The third kappa shape index (κ3) is 3.58. The van der Waals surface area contributed by atoms with Crippen molar-refractivity contribution in [1.82, 2.24) is 4.90 Å². The maximum Gasteiger partial charge on any atom is 0.235 e. The van der Waals surface area contributed by atoms with Gasteiger partial charge in [0, 0.05) is 12.0 Å². The van der Waals surface area contributed by atoms with Crippen LogP contribution in [0.1, 0.15) is 49.4 Å². The third-order valence-corrected chi connectivity index (χ3v) is 5.15. The number of aliphatic hydroxyl groups is 1. The zero-order valence-corrected chi connectivity index (χ0v) is 14.4. The van der Waals surface area contributed by atoms with Gasteiger partial charge < -0.3 is 9.84 Å². The van der Waals surface area contributed by atoms with Crippen molar-refractivity contribution in [2.75, 3.05) is 13.2 Å². The Morgan fingerprint density at radius 3 is 2.48 bits per heavy atom. The van der Waals surface area contributed by atoms with Gasteiger partial charge >= 0.3 is 0 Å². The molecule has 134 valence electrons. The molecule has 3 rings (SSSR count). The van der Waals surface area contributed by atoms with Crippen molar-refractivity contribution in [2.45, 2.75) is 45.1 Å². The number of imide groups is 1. The first-order valence-corrected chi connectivity index (χ1v) is 8.68. The first-order valence-electron chi connectivity index (χ1n) is 8.68. The molecule has 1 saturated carbocycles. The lowest BCUT2D eigenvalue weighted by Crippen LogP contribution is -2.41. The molecule has 6 nitrogen and oxygen atoms in total. The number of benzene rings is 1. The maximum absolute atomic E-state index is 12.6. The Hall–Kier alpha value is -2.21. The van der Waals surface area contributed by atoms with Crippen molar-refractivity contribution >= 4 is 17.6 Å². The zero-order chi connectivity index (χ0) is 18.0. The number of ketones is 1. The molecule has 0 aromatic heterocycles. The highest BCUT2D eigenvalue weighted by Gasteiger charge is 2.52. The summed E-state index contributed by atoms with van der Waals surface area (Å²) in [6.07, 6.45) is 2.82. The number of amides is 2. The Kier molecular flexibility index (Phi) is 4.90. The molecule has 25 heavy (non-hydrogen) atoms. The normalized spacial score (nSPS) is 20.3. The molecule has 0 radical (unpaired) electrons. The lowest BCUT2D eigenvalue weighted by molar-refractivity contribution is -0.143. The van der Waals surface area contributed by atoms with Crippen LogP contribution in [0.2, 0.25) is 0 Å². The average Bonchev–Trinajstić information content (AvgIpc) is 3.14. The summed E-state index contributed by atoms with van der Waals surface area (Å²) in [6, 6.07) is 6.62. The summed E-state index contributed by atoms with van der Waals surface area (Å²) < 4.78 is 5.49. The van der Waals surface area contributed by atoms with E-state index < -0.39 is 11.5 Å². The standard InChI is InChI=1S/C19H23NO5/c1-13(21)14-4-6-16(7-5-14)25-12-15(22)11-20-17(23)10-19(18(20)24)8-2-3-9-19/h4-7,15,22H,2-3,8-12H2,1H3/t15-/m1/s1. The van der Waals surface area contributed by atoms with Gasteiger partial charge in [0.2, 0.25) is 11.8 Å². The van der Waals surface area contributed by atoms with E-state index in [1.54, 1.807) is 24.3 Å². The molecule has 6 heteroatoms. The number of hydrogen-bond donors (Lipinski definition) is 1. The number of aliphatic hydroxyl groups excluding tert-OH is 1. The molecule has 1 aromatic rings. The van der Waals surface area contributed by atoms with Crippen molar-refractivity contribution in [2.24, 2.45) is 5.41 Å². The Labute approximate surface area is 146 Å². The van der Waals surface area contributed by atoms with Gasteiger partial charge in [-0.15, -0.1) is 0 Å². The van der Waals surface area contributed by atoms with E-state index in [2.05, 4.69) is 0 Å². The topological polar surface area (TPSA) is 83.9 Å². The molecule has 2 aliphatic rings. The van der Waals surface area contributed by atoms with Crippen LogP contribution in [-0.4, -0.2) is 46.9 Å². The van der Waals surface area contributed by atoms with Gasteiger partial charge in [0.05, 0.1) is 12.0 Å². The minimum Gasteiger partial charge on any atom is -0.491 e. The molecule has 1 saturated heterocycles. The van der Waals surface area contributed by atoms with Crippen LogP contribution in [0.3, 0.4) is 0 Å². The highest BCUT2D eigenvalue weighted by molar-refractivity contribution is 6.06. The van der Waals surface area contributed by atoms with E-state index in [9.17, 15) is 19.5 Å². The first kappa shape index (κ1) is 17.6. The number of Topliss-reactive ketones (excluding diaryl/α,β-unsaturated/α-hetero) is 1. The first-order chi connectivity index (χ1) is 11.9. The van der Waals surface area contributed by atoms with E-state index in [1.165, 1.54) is 11.8 Å². The Morgan fingerprint density at radius 1 is 1.24 bits per heavy atom. The lowest BCUT2D eigenvalue weighted by Gasteiger charge is -2.23. The fraction of sp³-hybridized carbons (Fsp3) is 0.526. The van der Waals surface area contributed by atoms with Gasteiger partial charge in [-0.05, 0) is 44.0 Å². The molecule has 1 aliphatic heterocycles. The van der Waals surface area contributed by atoms with Crippen LogP contribution in [0.5, 0.6) is 5.75 Å². The number of likely N-dealkylation sites (tertiary alicyclic amines) is 1. The number of β-amino-alcohol motifs (C(OH)–C–C–N with tert-alkyl or cyclic N) is 1. The van der Waals surface area contributed by atoms with Crippen LogP contribution in [0.15, 0.2) is 24.3 Å². The molecule has 1 aliphatic carbocycles. The summed E-state index contributed by atoms with van der Waals surface area (Å²) in [5.41, 5.74) is 0.0724. The molecule has 2 amide bonds. The van der Waals surface area contributed by atoms with Gasteiger partial charge in [-0.1, -0.05) is 12.8 Å². The predicted molar refractivity (Wildman–Crippen MR) is 90.2 cm³/mol. The van der Waals surface area contributed by atoms with Crippen molar-refractivity contribution in [1.29, 1.82) is 0 Å². The van der Waals surface area contributed by atoms with Crippen LogP contribution in [-0.2, 0) is 9.59 Å². The fourth-order valence-corrected chi connectivity index (χ4v) is 3.73. The van der Waals surface area contributed by atoms with Crippen molar-refractivity contribution in [3.63, 3.8) is 0 Å². The molecule has 0 bridgehead atoms. The second kappa shape index (κ2) is 6.96. The number of nitrogens with zero attached hydrogens (tertiary/aromatic N) is 1. The minimum atomic E-state index is -0.947. The van der Waals surface area contributed by atoms with Crippen molar-refractivity contribution < 1.29 is 24.2 Å². The second-order valence-corrected chi connectivity index (χ2v) is 7.02. The van der Waals surface area contributed by atoms with Gasteiger partial charge in [0.25, 0.3) is 0 Å². The SMILES string of the molecule is CC(=O)c1ccc(OC[C@H](O)CN2C(=O)CC3(CCCC3)C2=O)cc1. The van der Waals surface area contributed by atoms with Gasteiger partial charge in [0.1, 0.15) is 18.5 Å². The average molecular weight is 345 g/mol. The second-order valence-electron chi connectivity index (χ2n) is 7.02. The van der Waals surface area contributed by atoms with E-state index in [1.807, 2.05) is 0 Å². The Bertz CT molecular complexity index is 676. The van der Waals surface area contributed by atoms with Crippen molar-refractivity contribution in [3.05, 3.63) is 29.8 Å². The van der Waals surface area contributed by atoms with Crippen LogP contribution in [0.4, 0.5) is 0 Å². The molecule has 1 N–H and O–H groups in total. The number of hydrogen-bond acceptors (Lipinski definition) is 5. The predicted octanol–water partition coefficient (Wildman–Crippen LogP) is 1.95. The number of carbonyl (C=O) groups is 3. The molecule has 1 aromatic carbocycles. The highest BCUT2D eigenvalue weighted by atomic mass is 16.5.